The number of hydrogen-bond acceptors (Lipinski definition) is 3. The van der Waals surface area contributed by atoms with Crippen molar-refractivity contribution in [3.63, 3.8) is 0 Å². The second-order valence-electron chi connectivity index (χ2n) is 2.62. The standard InChI is InChI=1S/C9H10FNO2/c1-6-9(10)7(3-4-11-6)5-8(12)13-2/h3-4H,5H2,1-2H3. The highest BCUT2D eigenvalue weighted by atomic mass is 19.1. The Kier molecular flexibility index (Phi) is 2.95. The molecule has 0 fully saturated rings. The van der Waals surface area contributed by atoms with E-state index in [1.807, 2.05) is 0 Å². The van der Waals surface area contributed by atoms with E-state index in [0.717, 1.165) is 0 Å². The van der Waals surface area contributed by atoms with Gasteiger partial charge in [-0.1, -0.05) is 0 Å². The summed E-state index contributed by atoms with van der Waals surface area (Å²) in [7, 11) is 1.27. The summed E-state index contributed by atoms with van der Waals surface area (Å²) < 4.78 is 17.7. The van der Waals surface area contributed by atoms with Crippen LogP contribution in [0.4, 0.5) is 4.39 Å². The lowest BCUT2D eigenvalue weighted by Gasteiger charge is -2.02. The number of methoxy groups -OCH3 is 1. The Morgan fingerprint density at radius 3 is 3.00 bits per heavy atom. The second kappa shape index (κ2) is 3.98. The number of nitrogens with zero attached hydrogens (tertiary/aromatic N) is 1. The molecule has 0 unspecified atom stereocenters. The molecule has 0 aliphatic heterocycles. The molecule has 1 heterocycles. The van der Waals surface area contributed by atoms with Crippen LogP contribution in [0.3, 0.4) is 0 Å². The van der Waals surface area contributed by atoms with Crippen molar-refractivity contribution < 1.29 is 13.9 Å². The van der Waals surface area contributed by atoms with E-state index < -0.39 is 11.8 Å². The molecule has 70 valence electrons. The first-order chi connectivity index (χ1) is 6.15. The summed E-state index contributed by atoms with van der Waals surface area (Å²) in [6, 6.07) is 1.47. The quantitative estimate of drug-likeness (QED) is 0.647. The molecule has 0 bridgehead atoms. The summed E-state index contributed by atoms with van der Waals surface area (Å²) in [5.41, 5.74) is 0.612. The molecule has 0 saturated heterocycles. The largest absolute Gasteiger partial charge is 0.469 e. The molecule has 1 aromatic heterocycles. The van der Waals surface area contributed by atoms with Gasteiger partial charge in [0.05, 0.1) is 19.2 Å². The van der Waals surface area contributed by atoms with Crippen LogP contribution in [0.25, 0.3) is 0 Å². The molecule has 13 heavy (non-hydrogen) atoms. The van der Waals surface area contributed by atoms with Gasteiger partial charge in [0.2, 0.25) is 0 Å². The van der Waals surface area contributed by atoms with Gasteiger partial charge in [0.25, 0.3) is 0 Å². The van der Waals surface area contributed by atoms with Gasteiger partial charge < -0.3 is 4.74 Å². The zero-order chi connectivity index (χ0) is 9.84. The van der Waals surface area contributed by atoms with Crippen LogP contribution in [0.5, 0.6) is 0 Å². The summed E-state index contributed by atoms with van der Waals surface area (Å²) in [5, 5.41) is 0. The Morgan fingerprint density at radius 1 is 1.69 bits per heavy atom. The van der Waals surface area contributed by atoms with Gasteiger partial charge in [0.1, 0.15) is 5.82 Å². The predicted molar refractivity (Wildman–Crippen MR) is 44.7 cm³/mol. The molecular formula is C9H10FNO2. The average Bonchev–Trinajstić information content (AvgIpc) is 2.13. The first-order valence-electron chi connectivity index (χ1n) is 3.82. The third-order valence-corrected chi connectivity index (χ3v) is 1.71. The highest BCUT2D eigenvalue weighted by Gasteiger charge is 2.09. The maximum Gasteiger partial charge on any atom is 0.310 e. The van der Waals surface area contributed by atoms with E-state index >= 15 is 0 Å². The maximum atomic E-state index is 13.2. The summed E-state index contributed by atoms with van der Waals surface area (Å²) in [6.45, 7) is 1.55. The van der Waals surface area contributed by atoms with Crippen molar-refractivity contribution in [3.8, 4) is 0 Å². The first kappa shape index (κ1) is 9.64. The van der Waals surface area contributed by atoms with Crippen molar-refractivity contribution in [3.05, 3.63) is 29.3 Å². The first-order valence-corrected chi connectivity index (χ1v) is 3.82. The van der Waals surface area contributed by atoms with E-state index in [-0.39, 0.29) is 6.42 Å². The van der Waals surface area contributed by atoms with E-state index in [9.17, 15) is 9.18 Å². The highest BCUT2D eigenvalue weighted by Crippen LogP contribution is 2.10. The summed E-state index contributed by atoms with van der Waals surface area (Å²) in [6.07, 6.45) is 1.42. The normalized spacial score (nSPS) is 9.77. The lowest BCUT2D eigenvalue weighted by Crippen LogP contribution is -2.07. The number of aryl methyl sites for hydroxylation is 1. The highest BCUT2D eigenvalue weighted by molar-refractivity contribution is 5.72. The van der Waals surface area contributed by atoms with Gasteiger partial charge >= 0.3 is 5.97 Å². The minimum absolute atomic E-state index is 0.0499. The summed E-state index contributed by atoms with van der Waals surface area (Å²) >= 11 is 0. The minimum atomic E-state index is -0.454. The maximum absolute atomic E-state index is 13.2. The number of aromatic nitrogens is 1. The van der Waals surface area contributed by atoms with Crippen molar-refractivity contribution in [2.24, 2.45) is 0 Å². The monoisotopic (exact) mass is 183 g/mol. The van der Waals surface area contributed by atoms with E-state index in [0.29, 0.717) is 11.3 Å². The molecule has 0 saturated carbocycles. The fourth-order valence-corrected chi connectivity index (χ4v) is 0.965. The van der Waals surface area contributed by atoms with Crippen LogP contribution in [-0.4, -0.2) is 18.1 Å². The van der Waals surface area contributed by atoms with Crippen LogP contribution in [0.15, 0.2) is 12.3 Å². The molecule has 0 aliphatic carbocycles. The zero-order valence-electron chi connectivity index (χ0n) is 7.50. The van der Waals surface area contributed by atoms with Gasteiger partial charge in [-0.15, -0.1) is 0 Å². The smallest absolute Gasteiger partial charge is 0.310 e. The fraction of sp³-hybridized carbons (Fsp3) is 0.333. The number of carbonyl (C=O) groups is 1. The van der Waals surface area contributed by atoms with Crippen LogP contribution in [0.2, 0.25) is 0 Å². The summed E-state index contributed by atoms with van der Waals surface area (Å²) in [4.78, 5) is 14.6. The third-order valence-electron chi connectivity index (χ3n) is 1.71. The lowest BCUT2D eigenvalue weighted by molar-refractivity contribution is -0.139. The van der Waals surface area contributed by atoms with Crippen LogP contribution in [-0.2, 0) is 16.0 Å². The summed E-state index contributed by atoms with van der Waals surface area (Å²) in [5.74, 6) is -0.891. The molecule has 0 spiro atoms. The topological polar surface area (TPSA) is 39.2 Å². The molecule has 0 aliphatic rings. The third kappa shape index (κ3) is 2.24. The van der Waals surface area contributed by atoms with Crippen LogP contribution in [0, 0.1) is 12.7 Å². The fourth-order valence-electron chi connectivity index (χ4n) is 0.965. The molecule has 0 amide bonds. The van der Waals surface area contributed by atoms with Gasteiger partial charge in [0.15, 0.2) is 0 Å². The molecule has 1 aromatic rings. The van der Waals surface area contributed by atoms with Gasteiger partial charge in [-0.05, 0) is 13.0 Å². The van der Waals surface area contributed by atoms with Gasteiger partial charge in [0, 0.05) is 11.8 Å². The number of esters is 1. The predicted octanol–water partition coefficient (Wildman–Crippen LogP) is 1.24. The molecule has 4 heteroatoms. The van der Waals surface area contributed by atoms with E-state index in [2.05, 4.69) is 9.72 Å². The van der Waals surface area contributed by atoms with Gasteiger partial charge in [-0.2, -0.15) is 0 Å². The number of ether oxygens (including phenoxy) is 1. The Labute approximate surface area is 75.6 Å². The molecule has 1 rings (SSSR count). The number of hydrogen-bond donors (Lipinski definition) is 0. The Bertz CT molecular complexity index is 325. The molecule has 0 atom stereocenters. The van der Waals surface area contributed by atoms with Crippen molar-refractivity contribution in [2.75, 3.05) is 7.11 Å². The molecule has 3 nitrogen and oxygen atoms in total. The van der Waals surface area contributed by atoms with Crippen molar-refractivity contribution in [2.45, 2.75) is 13.3 Å². The van der Waals surface area contributed by atoms with E-state index in [4.69, 9.17) is 0 Å². The van der Waals surface area contributed by atoms with Gasteiger partial charge in [-0.25, -0.2) is 4.39 Å². The zero-order valence-corrected chi connectivity index (χ0v) is 7.50. The Balaban J connectivity index is 2.89. The molecule has 0 radical (unpaired) electrons. The number of carbonyl (C=O) groups excluding carboxylic acids is 1. The van der Waals surface area contributed by atoms with E-state index in [1.165, 1.54) is 19.4 Å². The van der Waals surface area contributed by atoms with Crippen molar-refractivity contribution >= 4 is 5.97 Å². The lowest BCUT2D eigenvalue weighted by atomic mass is 10.1. The number of rotatable bonds is 2. The minimum Gasteiger partial charge on any atom is -0.469 e. The number of pyridine rings is 1. The van der Waals surface area contributed by atoms with Crippen molar-refractivity contribution in [1.29, 1.82) is 0 Å². The Hall–Kier alpha value is -1.45. The Morgan fingerprint density at radius 2 is 2.38 bits per heavy atom. The van der Waals surface area contributed by atoms with Crippen molar-refractivity contribution in [1.82, 2.24) is 4.98 Å². The molecular weight excluding hydrogens is 173 g/mol. The second-order valence-corrected chi connectivity index (χ2v) is 2.62. The molecule has 0 N–H and O–H groups in total. The van der Waals surface area contributed by atoms with Crippen LogP contribution < -0.4 is 0 Å². The van der Waals surface area contributed by atoms with Gasteiger partial charge in [-0.3, -0.25) is 9.78 Å². The number of halogens is 1. The van der Waals surface area contributed by atoms with E-state index in [1.54, 1.807) is 6.92 Å². The van der Waals surface area contributed by atoms with Crippen LogP contribution in [0.1, 0.15) is 11.3 Å². The SMILES string of the molecule is COC(=O)Cc1ccnc(C)c1F. The van der Waals surface area contributed by atoms with Crippen LogP contribution >= 0.6 is 0 Å². The average molecular weight is 183 g/mol. The molecule has 0 aromatic carbocycles.